The Hall–Kier alpha value is -0.980. The van der Waals surface area contributed by atoms with Gasteiger partial charge in [-0.25, -0.2) is 0 Å². The molecule has 3 aliphatic rings. The van der Waals surface area contributed by atoms with Crippen LogP contribution < -0.4 is 5.73 Å². The molecule has 0 unspecified atom stereocenters. The highest BCUT2D eigenvalue weighted by molar-refractivity contribution is 5.08. The zero-order valence-electron chi connectivity index (χ0n) is 16.4. The van der Waals surface area contributed by atoms with Crippen molar-refractivity contribution >= 4 is 0 Å². The molecule has 1 aromatic heterocycles. The predicted octanol–water partition coefficient (Wildman–Crippen LogP) is 2.34. The monoisotopic (exact) mass is 360 g/mol. The van der Waals surface area contributed by atoms with Gasteiger partial charge in [0, 0.05) is 37.6 Å². The zero-order valence-corrected chi connectivity index (χ0v) is 16.4. The van der Waals surface area contributed by atoms with Gasteiger partial charge in [-0.15, -0.1) is 10.2 Å². The maximum atomic E-state index is 5.97. The fourth-order valence-electron chi connectivity index (χ4n) is 5.09. The Kier molecular flexibility index (Phi) is 5.91. The van der Waals surface area contributed by atoms with E-state index in [1.165, 1.54) is 70.5 Å². The molecule has 2 N–H and O–H groups in total. The van der Waals surface area contributed by atoms with Gasteiger partial charge in [0.1, 0.15) is 11.6 Å². The average Bonchev–Trinajstić information content (AvgIpc) is 2.83. The van der Waals surface area contributed by atoms with E-state index < -0.39 is 0 Å². The number of aromatic nitrogens is 3. The van der Waals surface area contributed by atoms with Crippen molar-refractivity contribution < 1.29 is 0 Å². The van der Waals surface area contributed by atoms with Gasteiger partial charge in [0.2, 0.25) is 0 Å². The third-order valence-corrected chi connectivity index (χ3v) is 6.79. The highest BCUT2D eigenvalue weighted by Crippen LogP contribution is 2.35. The smallest absolute Gasteiger partial charge is 0.147 e. The van der Waals surface area contributed by atoms with Crippen LogP contribution in [0.3, 0.4) is 0 Å². The van der Waals surface area contributed by atoms with E-state index in [0.29, 0.717) is 12.0 Å². The maximum Gasteiger partial charge on any atom is 0.147 e. The molecule has 6 heteroatoms. The summed E-state index contributed by atoms with van der Waals surface area (Å²) in [6, 6.07) is 1.17. The van der Waals surface area contributed by atoms with Crippen LogP contribution in [0.4, 0.5) is 0 Å². The van der Waals surface area contributed by atoms with Gasteiger partial charge in [-0.05, 0) is 58.5 Å². The van der Waals surface area contributed by atoms with Crippen molar-refractivity contribution in [3.63, 3.8) is 0 Å². The van der Waals surface area contributed by atoms with Gasteiger partial charge < -0.3 is 15.2 Å². The van der Waals surface area contributed by atoms with E-state index in [4.69, 9.17) is 5.73 Å². The number of hydrogen-bond acceptors (Lipinski definition) is 5. The van der Waals surface area contributed by atoms with Crippen molar-refractivity contribution in [3.05, 3.63) is 11.6 Å². The normalized spacial score (nSPS) is 29.5. The number of rotatable bonds is 5. The van der Waals surface area contributed by atoms with Gasteiger partial charge >= 0.3 is 0 Å². The third kappa shape index (κ3) is 3.97. The standard InChI is InChI=1S/C20H36N6/c1-2-26-19(22-23-20(26)16-13-17(21)14-16)15-24-11-7-18(8-12-24)25-9-5-3-4-6-10-25/h16-18H,2-15,21H2,1H3. The molecule has 3 heterocycles. The van der Waals surface area contributed by atoms with Crippen LogP contribution >= 0.6 is 0 Å². The maximum absolute atomic E-state index is 5.97. The molecular formula is C20H36N6. The lowest BCUT2D eigenvalue weighted by Crippen LogP contribution is -2.45. The minimum absolute atomic E-state index is 0.364. The lowest BCUT2D eigenvalue weighted by Gasteiger charge is -2.38. The third-order valence-electron chi connectivity index (χ3n) is 6.79. The molecule has 2 saturated heterocycles. The summed E-state index contributed by atoms with van der Waals surface area (Å²) in [5, 5.41) is 9.08. The van der Waals surface area contributed by atoms with E-state index in [1.54, 1.807) is 0 Å². The molecule has 1 aliphatic carbocycles. The summed E-state index contributed by atoms with van der Waals surface area (Å²) in [5.41, 5.74) is 5.97. The van der Waals surface area contributed by atoms with E-state index in [0.717, 1.165) is 37.8 Å². The van der Waals surface area contributed by atoms with Gasteiger partial charge in [-0.3, -0.25) is 4.90 Å². The van der Waals surface area contributed by atoms with Gasteiger partial charge in [-0.2, -0.15) is 0 Å². The zero-order chi connectivity index (χ0) is 17.9. The molecule has 0 spiro atoms. The predicted molar refractivity (Wildman–Crippen MR) is 104 cm³/mol. The van der Waals surface area contributed by atoms with E-state index >= 15 is 0 Å². The Morgan fingerprint density at radius 1 is 0.962 bits per heavy atom. The highest BCUT2D eigenvalue weighted by Gasteiger charge is 2.32. The van der Waals surface area contributed by atoms with Crippen LogP contribution in [0.1, 0.15) is 75.9 Å². The number of piperidine rings is 1. The topological polar surface area (TPSA) is 63.2 Å². The van der Waals surface area contributed by atoms with Crippen LogP contribution in [0.15, 0.2) is 0 Å². The molecular weight excluding hydrogens is 324 g/mol. The molecule has 1 aromatic rings. The van der Waals surface area contributed by atoms with Gasteiger partial charge in [0.05, 0.1) is 6.54 Å². The summed E-state index contributed by atoms with van der Waals surface area (Å²) in [6.07, 6.45) is 10.4. The van der Waals surface area contributed by atoms with Crippen LogP contribution in [-0.2, 0) is 13.1 Å². The molecule has 0 amide bonds. The molecule has 2 aliphatic heterocycles. The quantitative estimate of drug-likeness (QED) is 0.873. The lowest BCUT2D eigenvalue weighted by molar-refractivity contribution is 0.105. The van der Waals surface area contributed by atoms with Crippen molar-refractivity contribution in [2.24, 2.45) is 5.73 Å². The van der Waals surface area contributed by atoms with E-state index in [2.05, 4.69) is 31.5 Å². The second kappa shape index (κ2) is 8.36. The molecule has 3 fully saturated rings. The van der Waals surface area contributed by atoms with Crippen molar-refractivity contribution in [2.45, 2.75) is 89.4 Å². The summed E-state index contributed by atoms with van der Waals surface area (Å²) < 4.78 is 2.34. The summed E-state index contributed by atoms with van der Waals surface area (Å²) in [5.74, 6) is 2.85. The first-order valence-corrected chi connectivity index (χ1v) is 10.9. The van der Waals surface area contributed by atoms with E-state index in [1.807, 2.05) is 0 Å². The van der Waals surface area contributed by atoms with Crippen LogP contribution in [0.2, 0.25) is 0 Å². The highest BCUT2D eigenvalue weighted by atomic mass is 15.3. The Bertz CT molecular complexity index is 563. The van der Waals surface area contributed by atoms with E-state index in [9.17, 15) is 0 Å². The van der Waals surface area contributed by atoms with Crippen LogP contribution in [0.5, 0.6) is 0 Å². The van der Waals surface area contributed by atoms with Crippen molar-refractivity contribution in [1.82, 2.24) is 24.6 Å². The summed E-state index contributed by atoms with van der Waals surface area (Å²) in [6.45, 7) is 9.16. The molecule has 26 heavy (non-hydrogen) atoms. The Morgan fingerprint density at radius 2 is 1.65 bits per heavy atom. The Morgan fingerprint density at radius 3 is 2.27 bits per heavy atom. The first kappa shape index (κ1) is 18.4. The second-order valence-electron chi connectivity index (χ2n) is 8.60. The summed E-state index contributed by atoms with van der Waals surface area (Å²) >= 11 is 0. The van der Waals surface area contributed by atoms with Gasteiger partial charge in [0.15, 0.2) is 0 Å². The lowest BCUT2D eigenvalue weighted by atomic mass is 9.80. The molecule has 0 atom stereocenters. The van der Waals surface area contributed by atoms with Crippen molar-refractivity contribution in [3.8, 4) is 0 Å². The fourth-order valence-corrected chi connectivity index (χ4v) is 5.09. The second-order valence-corrected chi connectivity index (χ2v) is 8.60. The van der Waals surface area contributed by atoms with Crippen molar-refractivity contribution in [2.75, 3.05) is 26.2 Å². The molecule has 1 saturated carbocycles. The largest absolute Gasteiger partial charge is 0.328 e. The fraction of sp³-hybridized carbons (Fsp3) is 0.900. The number of likely N-dealkylation sites (tertiary alicyclic amines) is 2. The Labute approximate surface area is 158 Å². The summed E-state index contributed by atoms with van der Waals surface area (Å²) in [7, 11) is 0. The SMILES string of the molecule is CCn1c(CN2CCC(N3CCCCCC3)CC2)nnc1C1CC(N)C1. The molecule has 4 rings (SSSR count). The average molecular weight is 361 g/mol. The minimum Gasteiger partial charge on any atom is -0.328 e. The van der Waals surface area contributed by atoms with Crippen LogP contribution in [0, 0.1) is 0 Å². The first-order valence-electron chi connectivity index (χ1n) is 10.9. The molecule has 0 bridgehead atoms. The number of nitrogens with two attached hydrogens (primary N) is 1. The van der Waals surface area contributed by atoms with Crippen molar-refractivity contribution in [1.29, 1.82) is 0 Å². The molecule has 0 radical (unpaired) electrons. The first-order chi connectivity index (χ1) is 12.7. The Balaban J connectivity index is 1.31. The minimum atomic E-state index is 0.364. The summed E-state index contributed by atoms with van der Waals surface area (Å²) in [4.78, 5) is 5.36. The van der Waals surface area contributed by atoms with E-state index in [-0.39, 0.29) is 0 Å². The number of hydrogen-bond donors (Lipinski definition) is 1. The molecule has 6 nitrogen and oxygen atoms in total. The van der Waals surface area contributed by atoms with Gasteiger partial charge in [0.25, 0.3) is 0 Å². The van der Waals surface area contributed by atoms with Crippen LogP contribution in [-0.4, -0.2) is 62.8 Å². The van der Waals surface area contributed by atoms with Crippen LogP contribution in [0.25, 0.3) is 0 Å². The molecule has 146 valence electrons. The molecule has 0 aromatic carbocycles. The van der Waals surface area contributed by atoms with Gasteiger partial charge in [-0.1, -0.05) is 12.8 Å². The number of nitrogens with zero attached hydrogens (tertiary/aromatic N) is 5.